The molecule has 38 nitrogen and oxygen atoms in total. The molecule has 0 fully saturated rings. The Kier molecular flexibility index (Phi) is 19.6. The first-order chi connectivity index (χ1) is 47.4. The molecule has 0 aliphatic carbocycles. The maximum absolute atomic E-state index is 13.9. The highest BCUT2D eigenvalue weighted by Gasteiger charge is 2.29. The zero-order valence-corrected chi connectivity index (χ0v) is 53.5. The molecule has 0 atom stereocenters. The summed E-state index contributed by atoms with van der Waals surface area (Å²) in [6, 6.07) is 22.6. The average Bonchev–Trinajstić information content (AvgIpc) is 0.740. The Hall–Kier alpha value is -12.5. The van der Waals surface area contributed by atoms with Gasteiger partial charge in [0.15, 0.2) is 5.75 Å². The van der Waals surface area contributed by atoms with Gasteiger partial charge in [-0.25, -0.2) is 8.42 Å². The number of phenolic OH excluding ortho intramolecular Hbond substituents is 1. The number of fused-ring (bicyclic) bond motifs is 1. The van der Waals surface area contributed by atoms with Crippen molar-refractivity contribution in [3.63, 3.8) is 0 Å². The number of aromatic nitrogens is 4. The summed E-state index contributed by atoms with van der Waals surface area (Å²) in [7, 11) is -25.4. The van der Waals surface area contributed by atoms with E-state index in [0.717, 1.165) is 91.0 Å². The van der Waals surface area contributed by atoms with Crippen LogP contribution in [0.25, 0.3) is 10.8 Å². The number of nitrogens with zero attached hydrogens (tertiary/aromatic N) is 15. The van der Waals surface area contributed by atoms with Gasteiger partial charge in [0.05, 0.1) is 49.3 Å². The number of sulfonamides is 1. The summed E-state index contributed by atoms with van der Waals surface area (Å²) >= 11 is 0. The third kappa shape index (κ3) is 16.7. The van der Waals surface area contributed by atoms with Crippen LogP contribution in [0.2, 0.25) is 0 Å². The van der Waals surface area contributed by atoms with Gasteiger partial charge in [-0.2, -0.15) is 86.5 Å². The van der Waals surface area contributed by atoms with Crippen LogP contribution in [-0.4, -0.2) is 90.3 Å². The van der Waals surface area contributed by atoms with Crippen molar-refractivity contribution in [1.82, 2.24) is 19.9 Å². The molecule has 10 aromatic rings. The fraction of sp³-hybridized carbons (Fsp3) is 0. The second-order valence-electron chi connectivity index (χ2n) is 20.0. The van der Waals surface area contributed by atoms with Crippen LogP contribution in [0.4, 0.5) is 126 Å². The van der Waals surface area contributed by atoms with Gasteiger partial charge in [-0.15, -0.1) is 35.8 Å². The van der Waals surface area contributed by atoms with Crippen molar-refractivity contribution >= 4 is 170 Å². The molecule has 0 aliphatic heterocycles. The van der Waals surface area contributed by atoms with E-state index in [4.69, 9.17) is 17.2 Å². The number of halogens is 4. The van der Waals surface area contributed by atoms with Gasteiger partial charge in [0.2, 0.25) is 11.9 Å². The van der Waals surface area contributed by atoms with Crippen LogP contribution in [0, 0.1) is 34.2 Å². The largest absolute Gasteiger partial charge is 0.505 e. The van der Waals surface area contributed by atoms with E-state index in [2.05, 4.69) is 86.4 Å². The van der Waals surface area contributed by atoms with Crippen molar-refractivity contribution in [2.75, 3.05) is 32.6 Å². The van der Waals surface area contributed by atoms with E-state index >= 15 is 0 Å². The maximum Gasteiger partial charge on any atom is 0.313 e. The number of nitro benzene ring substituents is 1. The first-order valence-electron chi connectivity index (χ1n) is 26.9. The van der Waals surface area contributed by atoms with E-state index in [0.29, 0.717) is 24.3 Å². The number of nitro groups is 1. The second kappa shape index (κ2) is 27.8. The van der Waals surface area contributed by atoms with Gasteiger partial charge < -0.3 is 32.9 Å². The van der Waals surface area contributed by atoms with E-state index in [1.807, 2.05) is 0 Å². The van der Waals surface area contributed by atoms with Crippen molar-refractivity contribution in [3.8, 4) is 5.75 Å². The van der Waals surface area contributed by atoms with E-state index in [1.165, 1.54) is 24.3 Å². The van der Waals surface area contributed by atoms with Gasteiger partial charge in [0, 0.05) is 41.3 Å². The standard InChI is InChI=1S/C54H37F4N21O17S5/c55-41-22-43(66-53(57)64-41)62-29-9-15-37(98(85,86)87)33(19-29)71-74-36-21-35(46(59)51(47(36)60)77-72-34-20-30(10-16-38(34)99(88,89)90)63-44-23-42(56)65-54(58)67-44)73-68-25-1-3-28(4-2-25)78-97(83,84)32-13-7-27(8-14-32)70-76-50-40(101(94,95)96)18-24-17-39(100(91,92)93)49(48(61)45(24)52(50)80)75-69-26-5-11-31(12-6-26)79(81)82/h1-23,78,80H,59-61H2,(H,62,64,66)(H,63,65,67)(H,85,86,87)(H,88,89,90)(H,91,92,93)(H,94,95,96)/b73-68+,74-71+,75-69+,76-70+,77-72+. The van der Waals surface area contributed by atoms with Crippen molar-refractivity contribution in [3.05, 3.63) is 174 Å². The number of non-ortho nitro benzene ring substituents is 1. The number of hydrogen-bond donors (Lipinski definition) is 11. The summed E-state index contributed by atoms with van der Waals surface area (Å²) < 4.78 is 226. The summed E-state index contributed by atoms with van der Waals surface area (Å²) in [6.45, 7) is 0. The van der Waals surface area contributed by atoms with E-state index < -0.39 is 189 Å². The van der Waals surface area contributed by atoms with E-state index in [9.17, 15) is 93.1 Å². The van der Waals surface area contributed by atoms with Gasteiger partial charge in [0.25, 0.3) is 56.2 Å². The zero-order valence-electron chi connectivity index (χ0n) is 49.4. The monoisotopic (exact) mass is 1490 g/mol. The predicted octanol–water partition coefficient (Wildman–Crippen LogP) is 12.7. The Balaban J connectivity index is 0.939. The molecular formula is C54H37F4N21O17S5. The van der Waals surface area contributed by atoms with Gasteiger partial charge in [-0.05, 0) is 121 Å². The lowest BCUT2D eigenvalue weighted by Gasteiger charge is -2.14. The van der Waals surface area contributed by atoms with Crippen LogP contribution in [-0.2, 0) is 50.5 Å². The molecule has 0 unspecified atom stereocenters. The molecule has 0 aliphatic rings. The molecular weight excluding hydrogens is 1450 g/mol. The third-order valence-corrected chi connectivity index (χ3v) is 18.1. The molecule has 0 bridgehead atoms. The molecule has 8 aromatic carbocycles. The van der Waals surface area contributed by atoms with Crippen molar-refractivity contribution in [2.24, 2.45) is 51.1 Å². The van der Waals surface area contributed by atoms with E-state index in [-0.39, 0.29) is 39.8 Å². The second-order valence-corrected chi connectivity index (χ2v) is 27.3. The Labute approximate surface area is 562 Å². The molecule has 14 N–H and O–H groups in total. The van der Waals surface area contributed by atoms with Crippen molar-refractivity contribution < 1.29 is 87.9 Å². The predicted molar refractivity (Wildman–Crippen MR) is 346 cm³/mol. The SMILES string of the molecule is Nc1c(/N=N/c2ccc(NS(=O)(=O)c3ccc(/N=N/c4c(S(=O)(=O)O)cc5cc(S(=O)(=O)O)c(/N=N/c6ccc([N+](=O)[O-])cc6)c(N)c5c4O)cc3)cc2)cc(/N=N/c2cc(Nc3cc(F)nc(F)n3)ccc2S(=O)(=O)O)c(N)c1/N=N/c1cc(Nc2cc(F)nc(F)n2)ccc1S(=O)(=O)O. The Morgan fingerprint density at radius 3 is 1.26 bits per heavy atom. The highest BCUT2D eigenvalue weighted by molar-refractivity contribution is 7.92. The number of rotatable bonds is 22. The first kappa shape index (κ1) is 71.3. The Morgan fingerprint density at radius 2 is 0.802 bits per heavy atom. The van der Waals surface area contributed by atoms with Crippen molar-refractivity contribution in [2.45, 2.75) is 24.5 Å². The molecule has 101 heavy (non-hydrogen) atoms. The molecule has 2 heterocycles. The van der Waals surface area contributed by atoms with Crippen LogP contribution >= 0.6 is 0 Å². The highest BCUT2D eigenvalue weighted by atomic mass is 32.2. The number of azo groups is 5. The summed E-state index contributed by atoms with van der Waals surface area (Å²) in [5, 5.41) is 65.7. The smallest absolute Gasteiger partial charge is 0.313 e. The maximum atomic E-state index is 13.9. The van der Waals surface area contributed by atoms with Crippen LogP contribution in [0.3, 0.4) is 0 Å². The number of nitrogens with one attached hydrogen (secondary N) is 3. The topological polar surface area (TPSA) is 604 Å². The van der Waals surface area contributed by atoms with Crippen LogP contribution in [0.15, 0.2) is 215 Å². The average molecular weight is 1490 g/mol. The van der Waals surface area contributed by atoms with Gasteiger partial charge >= 0.3 is 12.2 Å². The fourth-order valence-corrected chi connectivity index (χ4v) is 12.3. The zero-order chi connectivity index (χ0) is 73.3. The first-order valence-corrected chi connectivity index (χ1v) is 34.2. The van der Waals surface area contributed by atoms with Gasteiger partial charge in [-0.1, -0.05) is 0 Å². The fourth-order valence-electron chi connectivity index (χ4n) is 8.72. The number of nitrogen functional groups attached to an aromatic ring is 3. The summed E-state index contributed by atoms with van der Waals surface area (Å²) in [6.07, 6.45) is -2.97. The lowest BCUT2D eigenvalue weighted by Crippen LogP contribution is -2.12. The lowest BCUT2D eigenvalue weighted by atomic mass is 10.1. The van der Waals surface area contributed by atoms with E-state index in [1.54, 1.807) is 0 Å². The molecule has 10 rings (SSSR count). The number of anilines is 8. The van der Waals surface area contributed by atoms with Crippen molar-refractivity contribution in [1.29, 1.82) is 0 Å². The molecule has 518 valence electrons. The van der Waals surface area contributed by atoms with Gasteiger partial charge in [-0.3, -0.25) is 33.0 Å². The minimum Gasteiger partial charge on any atom is -0.505 e. The lowest BCUT2D eigenvalue weighted by molar-refractivity contribution is -0.384. The minimum atomic E-state index is -5.36. The van der Waals surface area contributed by atoms with Crippen LogP contribution in [0.1, 0.15) is 0 Å². The number of aromatic hydroxyl groups is 1. The Bertz CT molecular complexity index is 5820. The molecule has 47 heteroatoms. The molecule has 2 aromatic heterocycles. The highest BCUT2D eigenvalue weighted by Crippen LogP contribution is 2.50. The molecule has 0 saturated carbocycles. The number of phenols is 1. The normalized spacial score (nSPS) is 12.6. The number of hydrogen-bond acceptors (Lipinski definition) is 32. The minimum absolute atomic E-state index is 0.0351. The Morgan fingerprint density at radius 1 is 0.416 bits per heavy atom. The summed E-state index contributed by atoms with van der Waals surface area (Å²) in [5.74, 6) is -4.65. The number of nitrogens with two attached hydrogens (primary N) is 3. The molecule has 0 spiro atoms. The molecule has 0 amide bonds. The summed E-state index contributed by atoms with van der Waals surface area (Å²) in [5.41, 5.74) is 11.7. The van der Waals surface area contributed by atoms with Gasteiger partial charge in [0.1, 0.15) is 71.0 Å². The summed E-state index contributed by atoms with van der Waals surface area (Å²) in [4.78, 5) is 18.5. The molecule has 0 saturated heterocycles. The third-order valence-electron chi connectivity index (χ3n) is 13.2. The van der Waals surface area contributed by atoms with Crippen LogP contribution in [0.5, 0.6) is 5.75 Å². The quantitative estimate of drug-likeness (QED) is 0.00439. The van der Waals surface area contributed by atoms with Crippen LogP contribution < -0.4 is 32.6 Å². The molecule has 0 radical (unpaired) electrons. The number of benzene rings is 8.